The van der Waals surface area contributed by atoms with E-state index in [1.54, 1.807) is 39.0 Å². The quantitative estimate of drug-likeness (QED) is 0.428. The van der Waals surface area contributed by atoms with Crippen LogP contribution >= 0.6 is 35.0 Å². The van der Waals surface area contributed by atoms with Crippen molar-refractivity contribution in [3.05, 3.63) is 39.5 Å². The molecule has 0 aliphatic carbocycles. The van der Waals surface area contributed by atoms with Gasteiger partial charge in [-0.2, -0.15) is 0 Å². The maximum atomic E-state index is 12.3. The zero-order valence-corrected chi connectivity index (χ0v) is 15.5. The van der Waals surface area contributed by atoms with Crippen LogP contribution in [0.15, 0.2) is 23.4 Å². The topological polar surface area (TPSA) is 52.1 Å². The number of rotatable bonds is 4. The van der Waals surface area contributed by atoms with Crippen molar-refractivity contribution in [2.45, 2.75) is 32.0 Å². The number of halogens is 2. The maximum absolute atomic E-state index is 12.3. The van der Waals surface area contributed by atoms with Crippen LogP contribution in [0, 0.1) is 6.92 Å². The van der Waals surface area contributed by atoms with Crippen LogP contribution in [0.2, 0.25) is 10.0 Å². The number of hydrogen-bond donors (Lipinski definition) is 0. The molecule has 2 rings (SSSR count). The van der Waals surface area contributed by atoms with Crippen molar-refractivity contribution in [1.82, 2.24) is 9.97 Å². The SMILES string of the molecule is CSc1nc(C(=O)OC(C)C)c(C)c(-c2ccc(Cl)cc2Cl)n1. The van der Waals surface area contributed by atoms with E-state index in [0.717, 1.165) is 0 Å². The second kappa shape index (κ2) is 7.51. The van der Waals surface area contributed by atoms with Gasteiger partial charge in [0.25, 0.3) is 0 Å². The van der Waals surface area contributed by atoms with E-state index in [2.05, 4.69) is 9.97 Å². The molecule has 7 heteroatoms. The average molecular weight is 371 g/mol. The monoisotopic (exact) mass is 370 g/mol. The van der Waals surface area contributed by atoms with Crippen molar-refractivity contribution in [3.63, 3.8) is 0 Å². The van der Waals surface area contributed by atoms with Crippen molar-refractivity contribution >= 4 is 40.9 Å². The Morgan fingerprint density at radius 3 is 2.52 bits per heavy atom. The average Bonchev–Trinajstić information content (AvgIpc) is 2.47. The molecule has 1 aromatic heterocycles. The predicted octanol–water partition coefficient (Wildman–Crippen LogP) is 5.05. The summed E-state index contributed by atoms with van der Waals surface area (Å²) in [5, 5.41) is 1.48. The summed E-state index contributed by atoms with van der Waals surface area (Å²) >= 11 is 13.6. The zero-order chi connectivity index (χ0) is 17.1. The lowest BCUT2D eigenvalue weighted by atomic mass is 10.1. The molecule has 23 heavy (non-hydrogen) atoms. The summed E-state index contributed by atoms with van der Waals surface area (Å²) in [6, 6.07) is 5.15. The summed E-state index contributed by atoms with van der Waals surface area (Å²) < 4.78 is 5.26. The fourth-order valence-electron chi connectivity index (χ4n) is 2.00. The van der Waals surface area contributed by atoms with Gasteiger partial charge >= 0.3 is 5.97 Å². The molecule has 0 N–H and O–H groups in total. The van der Waals surface area contributed by atoms with Crippen molar-refractivity contribution in [3.8, 4) is 11.3 Å². The van der Waals surface area contributed by atoms with Gasteiger partial charge in [-0.3, -0.25) is 0 Å². The van der Waals surface area contributed by atoms with Gasteiger partial charge in [0.2, 0.25) is 0 Å². The van der Waals surface area contributed by atoms with Crippen LogP contribution in [0.4, 0.5) is 0 Å². The van der Waals surface area contributed by atoms with Gasteiger partial charge in [-0.15, -0.1) is 0 Å². The van der Waals surface area contributed by atoms with Crippen molar-refractivity contribution in [1.29, 1.82) is 0 Å². The second-order valence-electron chi connectivity index (χ2n) is 5.11. The van der Waals surface area contributed by atoms with Gasteiger partial charge in [0, 0.05) is 16.1 Å². The zero-order valence-electron chi connectivity index (χ0n) is 13.2. The van der Waals surface area contributed by atoms with E-state index < -0.39 is 5.97 Å². The number of nitrogens with zero attached hydrogens (tertiary/aromatic N) is 2. The van der Waals surface area contributed by atoms with Crippen LogP contribution in [0.1, 0.15) is 29.9 Å². The number of thioether (sulfide) groups is 1. The highest BCUT2D eigenvalue weighted by molar-refractivity contribution is 7.98. The van der Waals surface area contributed by atoms with Crippen molar-refractivity contribution in [2.75, 3.05) is 6.26 Å². The molecule has 0 fully saturated rings. The van der Waals surface area contributed by atoms with Gasteiger partial charge in [0.05, 0.1) is 16.8 Å². The first-order valence-electron chi connectivity index (χ1n) is 6.92. The molecule has 122 valence electrons. The summed E-state index contributed by atoms with van der Waals surface area (Å²) in [5.41, 5.74) is 2.17. The molecule has 0 aliphatic heterocycles. The number of carbonyl (C=O) groups excluding carboxylic acids is 1. The van der Waals surface area contributed by atoms with E-state index in [-0.39, 0.29) is 11.8 Å². The van der Waals surface area contributed by atoms with E-state index in [1.807, 2.05) is 6.26 Å². The van der Waals surface area contributed by atoms with E-state index in [4.69, 9.17) is 27.9 Å². The molecule has 0 amide bonds. The molecule has 1 aromatic carbocycles. The van der Waals surface area contributed by atoms with Gasteiger partial charge in [-0.05, 0) is 45.2 Å². The van der Waals surface area contributed by atoms with Crippen LogP contribution < -0.4 is 0 Å². The fraction of sp³-hybridized carbons (Fsp3) is 0.312. The maximum Gasteiger partial charge on any atom is 0.357 e. The van der Waals surface area contributed by atoms with Crippen LogP contribution in [0.25, 0.3) is 11.3 Å². The van der Waals surface area contributed by atoms with E-state index in [0.29, 0.717) is 32.0 Å². The van der Waals surface area contributed by atoms with Crippen molar-refractivity contribution < 1.29 is 9.53 Å². The van der Waals surface area contributed by atoms with Gasteiger partial charge in [-0.1, -0.05) is 35.0 Å². The molecular weight excluding hydrogens is 355 g/mol. The number of benzene rings is 1. The van der Waals surface area contributed by atoms with Gasteiger partial charge in [0.15, 0.2) is 10.9 Å². The number of esters is 1. The first kappa shape index (κ1) is 18.0. The van der Waals surface area contributed by atoms with E-state index in [9.17, 15) is 4.79 Å². The Morgan fingerprint density at radius 1 is 1.26 bits per heavy atom. The highest BCUT2D eigenvalue weighted by atomic mass is 35.5. The summed E-state index contributed by atoms with van der Waals surface area (Å²) in [7, 11) is 0. The second-order valence-corrected chi connectivity index (χ2v) is 6.73. The molecule has 0 atom stereocenters. The van der Waals surface area contributed by atoms with E-state index >= 15 is 0 Å². The predicted molar refractivity (Wildman–Crippen MR) is 94.6 cm³/mol. The standard InChI is InChI=1S/C16H16Cl2N2O2S/c1-8(2)22-15(21)14-9(3)13(19-16(20-14)23-4)11-6-5-10(17)7-12(11)18/h5-8H,1-4H3. The van der Waals surface area contributed by atoms with Crippen LogP contribution in [-0.2, 0) is 4.74 Å². The molecule has 1 heterocycles. The summed E-state index contributed by atoms with van der Waals surface area (Å²) in [4.78, 5) is 21.1. The fourth-order valence-corrected chi connectivity index (χ4v) is 2.86. The minimum absolute atomic E-state index is 0.225. The Morgan fingerprint density at radius 2 is 1.96 bits per heavy atom. The third kappa shape index (κ3) is 4.16. The smallest absolute Gasteiger partial charge is 0.357 e. The van der Waals surface area contributed by atoms with Gasteiger partial charge < -0.3 is 4.74 Å². The lowest BCUT2D eigenvalue weighted by Gasteiger charge is -2.14. The van der Waals surface area contributed by atoms with Gasteiger partial charge in [0.1, 0.15) is 0 Å². The Balaban J connectivity index is 2.62. The first-order chi connectivity index (χ1) is 10.8. The minimum atomic E-state index is -0.471. The minimum Gasteiger partial charge on any atom is -0.458 e. The Bertz CT molecular complexity index is 751. The van der Waals surface area contributed by atoms with E-state index in [1.165, 1.54) is 11.8 Å². The normalized spacial score (nSPS) is 10.9. The highest BCUT2D eigenvalue weighted by Gasteiger charge is 2.21. The highest BCUT2D eigenvalue weighted by Crippen LogP contribution is 2.33. The van der Waals surface area contributed by atoms with Gasteiger partial charge in [-0.25, -0.2) is 14.8 Å². The van der Waals surface area contributed by atoms with Crippen LogP contribution in [0.3, 0.4) is 0 Å². The molecule has 0 saturated heterocycles. The Labute approximate surface area is 149 Å². The molecule has 0 spiro atoms. The first-order valence-corrected chi connectivity index (χ1v) is 8.90. The van der Waals surface area contributed by atoms with Crippen molar-refractivity contribution in [2.24, 2.45) is 0 Å². The molecule has 2 aromatic rings. The summed E-state index contributed by atoms with van der Waals surface area (Å²) in [6.07, 6.45) is 1.62. The van der Waals surface area contributed by atoms with Crippen LogP contribution in [-0.4, -0.2) is 28.3 Å². The number of ether oxygens (including phenoxy) is 1. The summed E-state index contributed by atoms with van der Waals surface area (Å²) in [5.74, 6) is -0.471. The lowest BCUT2D eigenvalue weighted by Crippen LogP contribution is -2.16. The number of aromatic nitrogens is 2. The Kier molecular flexibility index (Phi) is 5.89. The molecule has 0 radical (unpaired) electrons. The third-order valence-corrected chi connectivity index (χ3v) is 4.13. The molecule has 0 unspecified atom stereocenters. The molecule has 0 saturated carbocycles. The third-order valence-electron chi connectivity index (χ3n) is 3.03. The number of hydrogen-bond acceptors (Lipinski definition) is 5. The molecule has 0 aliphatic rings. The number of carbonyl (C=O) groups is 1. The Hall–Kier alpha value is -1.30. The molecule has 4 nitrogen and oxygen atoms in total. The lowest BCUT2D eigenvalue weighted by molar-refractivity contribution is 0.0368. The largest absolute Gasteiger partial charge is 0.458 e. The molecular formula is C16H16Cl2N2O2S. The summed E-state index contributed by atoms with van der Waals surface area (Å²) in [6.45, 7) is 5.36. The van der Waals surface area contributed by atoms with Crippen LogP contribution in [0.5, 0.6) is 0 Å². The molecule has 0 bridgehead atoms.